The van der Waals surface area contributed by atoms with Gasteiger partial charge in [0, 0.05) is 30.1 Å². The molecular formula is C14H24N2O3S2. The van der Waals surface area contributed by atoms with Crippen molar-refractivity contribution in [3.63, 3.8) is 0 Å². The Morgan fingerprint density at radius 1 is 1.38 bits per heavy atom. The molecule has 1 fully saturated rings. The summed E-state index contributed by atoms with van der Waals surface area (Å²) in [7, 11) is 0.717. The lowest BCUT2D eigenvalue weighted by Gasteiger charge is -2.34. The Hall–Kier alpha value is -0.630. The Morgan fingerprint density at radius 2 is 2.00 bits per heavy atom. The molecule has 1 aromatic heterocycles. The van der Waals surface area contributed by atoms with Gasteiger partial charge >= 0.3 is 0 Å². The molecule has 0 N–H and O–H groups in total. The number of rotatable bonds is 5. The van der Waals surface area contributed by atoms with Crippen molar-refractivity contribution < 1.29 is 13.2 Å². The third kappa shape index (κ3) is 3.59. The minimum atomic E-state index is -3.38. The van der Waals surface area contributed by atoms with E-state index in [1.54, 1.807) is 10.4 Å². The van der Waals surface area contributed by atoms with E-state index in [1.807, 2.05) is 27.9 Å². The second-order valence-electron chi connectivity index (χ2n) is 5.52. The summed E-state index contributed by atoms with van der Waals surface area (Å²) < 4.78 is 32.9. The normalized spacial score (nSPS) is 18.3. The van der Waals surface area contributed by atoms with Crippen molar-refractivity contribution in [3.8, 4) is 5.75 Å². The van der Waals surface area contributed by atoms with Crippen LogP contribution in [-0.2, 0) is 10.0 Å². The van der Waals surface area contributed by atoms with E-state index >= 15 is 0 Å². The van der Waals surface area contributed by atoms with Gasteiger partial charge in [0.1, 0.15) is 9.96 Å². The highest BCUT2D eigenvalue weighted by Crippen LogP contribution is 2.34. The smallest absolute Gasteiger partial charge is 0.252 e. The van der Waals surface area contributed by atoms with Crippen LogP contribution in [0.3, 0.4) is 0 Å². The third-order valence-corrected chi connectivity index (χ3v) is 7.28. The molecule has 120 valence electrons. The largest absolute Gasteiger partial charge is 0.493 e. The van der Waals surface area contributed by atoms with E-state index in [-0.39, 0.29) is 0 Å². The van der Waals surface area contributed by atoms with Crippen molar-refractivity contribution in [1.29, 1.82) is 0 Å². The summed E-state index contributed by atoms with van der Waals surface area (Å²) >= 11 is 1.30. The molecular weight excluding hydrogens is 308 g/mol. The molecule has 5 nitrogen and oxygen atoms in total. The maximum Gasteiger partial charge on any atom is 0.252 e. The first kappa shape index (κ1) is 16.7. The average molecular weight is 332 g/mol. The van der Waals surface area contributed by atoms with Crippen LogP contribution < -0.4 is 4.74 Å². The van der Waals surface area contributed by atoms with Gasteiger partial charge in [0.2, 0.25) is 0 Å². The van der Waals surface area contributed by atoms with Crippen LogP contribution in [0.5, 0.6) is 5.75 Å². The lowest BCUT2D eigenvalue weighted by molar-refractivity contribution is 0.197. The number of thiophene rings is 1. The van der Waals surface area contributed by atoms with E-state index in [0.29, 0.717) is 35.7 Å². The summed E-state index contributed by atoms with van der Waals surface area (Å²) in [4.78, 5) is 3.09. The molecule has 0 aliphatic carbocycles. The molecule has 2 heterocycles. The van der Waals surface area contributed by atoms with Crippen molar-refractivity contribution in [2.75, 3.05) is 33.8 Å². The van der Waals surface area contributed by atoms with Gasteiger partial charge < -0.3 is 9.64 Å². The number of ether oxygens (including phenoxy) is 1. The Morgan fingerprint density at radius 3 is 2.52 bits per heavy atom. The summed E-state index contributed by atoms with van der Waals surface area (Å²) in [6.07, 6.45) is 1.77. The van der Waals surface area contributed by atoms with Gasteiger partial charge in [0.25, 0.3) is 10.0 Å². The Balaban J connectivity index is 2.14. The van der Waals surface area contributed by atoms with Crippen LogP contribution in [-0.4, -0.2) is 57.5 Å². The highest BCUT2D eigenvalue weighted by molar-refractivity contribution is 7.91. The molecule has 0 bridgehead atoms. The van der Waals surface area contributed by atoms with Crippen molar-refractivity contribution in [2.45, 2.75) is 36.9 Å². The van der Waals surface area contributed by atoms with E-state index < -0.39 is 10.0 Å². The lowest BCUT2D eigenvalue weighted by atomic mass is 10.1. The topological polar surface area (TPSA) is 49.9 Å². The van der Waals surface area contributed by atoms with Crippen molar-refractivity contribution in [3.05, 3.63) is 10.9 Å². The quantitative estimate of drug-likeness (QED) is 0.829. The Kier molecular flexibility index (Phi) is 5.29. The fourth-order valence-electron chi connectivity index (χ4n) is 2.59. The van der Waals surface area contributed by atoms with Crippen LogP contribution in [0, 0.1) is 6.92 Å². The van der Waals surface area contributed by atoms with Gasteiger partial charge in [-0.15, -0.1) is 11.3 Å². The minimum Gasteiger partial charge on any atom is -0.493 e. The van der Waals surface area contributed by atoms with Crippen LogP contribution in [0.15, 0.2) is 10.3 Å². The van der Waals surface area contributed by atoms with Crippen LogP contribution >= 0.6 is 11.3 Å². The molecule has 0 atom stereocenters. The van der Waals surface area contributed by atoms with E-state index in [9.17, 15) is 8.42 Å². The maximum absolute atomic E-state index is 12.7. The first-order valence-electron chi connectivity index (χ1n) is 7.26. The van der Waals surface area contributed by atoms with Crippen molar-refractivity contribution in [2.24, 2.45) is 0 Å². The van der Waals surface area contributed by atoms with E-state index in [2.05, 4.69) is 4.90 Å². The molecule has 1 aromatic rings. The zero-order chi connectivity index (χ0) is 15.6. The number of sulfonamides is 1. The molecule has 7 heteroatoms. The zero-order valence-corrected chi connectivity index (χ0v) is 14.8. The van der Waals surface area contributed by atoms with Gasteiger partial charge in [-0.3, -0.25) is 0 Å². The molecule has 0 amide bonds. The number of hydrogen-bond donors (Lipinski definition) is 0. The van der Waals surface area contributed by atoms with Gasteiger partial charge in [-0.1, -0.05) is 0 Å². The monoisotopic (exact) mass is 332 g/mol. The molecule has 2 rings (SSSR count). The molecule has 0 aromatic carbocycles. The second kappa shape index (κ2) is 6.64. The minimum absolute atomic E-state index is 0.395. The number of piperidine rings is 1. The molecule has 1 saturated heterocycles. The first-order valence-corrected chi connectivity index (χ1v) is 9.51. The predicted octanol–water partition coefficient (Wildman–Crippen LogP) is 2.17. The highest BCUT2D eigenvalue weighted by atomic mass is 32.2. The SMILES string of the molecule is CCOc1cc(S(=O)(=O)N2CCC(N(C)C)CC2)sc1C. The molecule has 1 aliphatic heterocycles. The van der Waals surface area contributed by atoms with Gasteiger partial charge in [-0.05, 0) is 40.8 Å². The average Bonchev–Trinajstić information content (AvgIpc) is 2.81. The predicted molar refractivity (Wildman–Crippen MR) is 85.7 cm³/mol. The van der Waals surface area contributed by atoms with E-state index in [4.69, 9.17) is 4.74 Å². The molecule has 0 radical (unpaired) electrons. The summed E-state index contributed by atoms with van der Waals surface area (Å²) in [6, 6.07) is 2.14. The van der Waals surface area contributed by atoms with E-state index in [1.165, 1.54) is 11.3 Å². The summed E-state index contributed by atoms with van der Waals surface area (Å²) in [6.45, 7) is 5.52. The summed E-state index contributed by atoms with van der Waals surface area (Å²) in [5.74, 6) is 0.684. The lowest BCUT2D eigenvalue weighted by Crippen LogP contribution is -2.44. The Labute approximate surface area is 131 Å². The Bertz CT molecular complexity index is 573. The third-order valence-electron chi connectivity index (χ3n) is 3.90. The van der Waals surface area contributed by atoms with Crippen LogP contribution in [0.4, 0.5) is 0 Å². The van der Waals surface area contributed by atoms with Crippen molar-refractivity contribution in [1.82, 2.24) is 9.21 Å². The highest BCUT2D eigenvalue weighted by Gasteiger charge is 2.31. The molecule has 21 heavy (non-hydrogen) atoms. The number of hydrogen-bond acceptors (Lipinski definition) is 5. The maximum atomic E-state index is 12.7. The van der Waals surface area contributed by atoms with Gasteiger partial charge in [-0.25, -0.2) is 8.42 Å². The number of nitrogens with zero attached hydrogens (tertiary/aromatic N) is 2. The summed E-state index contributed by atoms with van der Waals surface area (Å²) in [5.41, 5.74) is 0. The van der Waals surface area contributed by atoms with Gasteiger partial charge in [0.15, 0.2) is 0 Å². The number of aryl methyl sites for hydroxylation is 1. The zero-order valence-electron chi connectivity index (χ0n) is 13.1. The van der Waals surface area contributed by atoms with Crippen LogP contribution in [0.1, 0.15) is 24.6 Å². The fourth-order valence-corrected chi connectivity index (χ4v) is 5.59. The van der Waals surface area contributed by atoms with Gasteiger partial charge in [-0.2, -0.15) is 4.31 Å². The first-order chi connectivity index (χ1) is 9.86. The fraction of sp³-hybridized carbons (Fsp3) is 0.714. The van der Waals surface area contributed by atoms with Crippen LogP contribution in [0.25, 0.3) is 0 Å². The molecule has 1 aliphatic rings. The molecule has 0 saturated carbocycles. The second-order valence-corrected chi connectivity index (χ2v) is 8.94. The summed E-state index contributed by atoms with van der Waals surface area (Å²) in [5, 5.41) is 0. The van der Waals surface area contributed by atoms with Crippen LogP contribution in [0.2, 0.25) is 0 Å². The van der Waals surface area contributed by atoms with Gasteiger partial charge in [0.05, 0.1) is 6.61 Å². The van der Waals surface area contributed by atoms with E-state index in [0.717, 1.165) is 17.7 Å². The van der Waals surface area contributed by atoms with Crippen molar-refractivity contribution >= 4 is 21.4 Å². The molecule has 0 spiro atoms. The standard InChI is InChI=1S/C14H24N2O3S2/c1-5-19-13-10-14(20-11(13)2)21(17,18)16-8-6-12(7-9-16)15(3)4/h10,12H,5-9H2,1-4H3. The molecule has 0 unspecified atom stereocenters.